The Morgan fingerprint density at radius 3 is 2.09 bits per heavy atom. The minimum Gasteiger partial charge on any atom is -0.413 e. The van der Waals surface area contributed by atoms with Crippen molar-refractivity contribution in [2.75, 3.05) is 0 Å². The highest BCUT2D eigenvalue weighted by Crippen LogP contribution is 2.68. The fourth-order valence-corrected chi connectivity index (χ4v) is 11.4. The van der Waals surface area contributed by atoms with Gasteiger partial charge in [0.1, 0.15) is 0 Å². The van der Waals surface area contributed by atoms with E-state index in [4.69, 9.17) is 4.43 Å². The van der Waals surface area contributed by atoms with Crippen LogP contribution < -0.4 is 0 Å². The predicted octanol–water partition coefficient (Wildman–Crippen LogP) is 8.73. The molecule has 0 spiro atoms. The molecular weight excluding hydrogens is 432 g/mol. The number of hydrogen-bond acceptors (Lipinski definition) is 2. The van der Waals surface area contributed by atoms with Crippen molar-refractivity contribution in [1.29, 1.82) is 0 Å². The Hall–Kier alpha value is 0.137. The normalized spacial score (nSPS) is 48.2. The van der Waals surface area contributed by atoms with Gasteiger partial charge in [0.05, 0.1) is 11.7 Å². The van der Waals surface area contributed by atoms with Gasteiger partial charge < -0.3 is 9.53 Å². The molecule has 0 heterocycles. The zero-order valence-corrected chi connectivity index (χ0v) is 24.7. The van der Waals surface area contributed by atoms with E-state index < -0.39 is 8.32 Å². The maximum atomic E-state index is 11.8. The summed E-state index contributed by atoms with van der Waals surface area (Å²) in [5, 5.41) is 12.1. The molecule has 0 aromatic rings. The third kappa shape index (κ3) is 4.01. The predicted molar refractivity (Wildman–Crippen MR) is 145 cm³/mol. The molecule has 0 aromatic heterocycles. The van der Waals surface area contributed by atoms with E-state index in [1.54, 1.807) is 0 Å². The van der Waals surface area contributed by atoms with E-state index in [0.29, 0.717) is 27.9 Å². The molecule has 1 N–H and O–H groups in total. The molecular formula is C31H56O2Si. The Morgan fingerprint density at radius 1 is 0.735 bits per heavy atom. The van der Waals surface area contributed by atoms with Crippen LogP contribution in [0.25, 0.3) is 0 Å². The van der Waals surface area contributed by atoms with Gasteiger partial charge in [-0.15, -0.1) is 0 Å². The SMILES string of the molecule is CC(C)(C)[Si](C)(C)O[C@H]1CC[C@H]2[C@@H]3CCC4C[C@](O)(C5CCCCC5)CC[C@]4(C)[C@H]3CC[C@]12C. The largest absolute Gasteiger partial charge is 0.413 e. The van der Waals surface area contributed by atoms with E-state index >= 15 is 0 Å². The molecule has 3 heteroatoms. The topological polar surface area (TPSA) is 29.5 Å². The summed E-state index contributed by atoms with van der Waals surface area (Å²) in [6.45, 7) is 17.4. The second-order valence-electron chi connectivity index (χ2n) is 15.8. The smallest absolute Gasteiger partial charge is 0.192 e. The summed E-state index contributed by atoms with van der Waals surface area (Å²) < 4.78 is 7.15. The average molecular weight is 489 g/mol. The fraction of sp³-hybridized carbons (Fsp3) is 1.00. The molecule has 34 heavy (non-hydrogen) atoms. The van der Waals surface area contributed by atoms with Gasteiger partial charge in [-0.25, -0.2) is 0 Å². The number of aliphatic hydroxyl groups is 1. The molecule has 5 aliphatic carbocycles. The summed E-state index contributed by atoms with van der Waals surface area (Å²) in [5.74, 6) is 3.97. The third-order valence-corrected chi connectivity index (χ3v) is 17.8. The third-order valence-electron chi connectivity index (χ3n) is 13.3. The van der Waals surface area contributed by atoms with Crippen molar-refractivity contribution in [2.45, 2.75) is 154 Å². The number of rotatable bonds is 3. The van der Waals surface area contributed by atoms with E-state index in [0.717, 1.165) is 36.5 Å². The first-order valence-electron chi connectivity index (χ1n) is 15.2. The lowest BCUT2D eigenvalue weighted by Gasteiger charge is -2.63. The summed E-state index contributed by atoms with van der Waals surface area (Å²) in [6.07, 6.45) is 18.8. The molecule has 5 rings (SSSR count). The number of fused-ring (bicyclic) bond motifs is 5. The molecule has 2 nitrogen and oxygen atoms in total. The Balaban J connectivity index is 1.31. The average Bonchev–Trinajstić information content (AvgIpc) is 3.10. The van der Waals surface area contributed by atoms with E-state index in [-0.39, 0.29) is 5.60 Å². The lowest BCUT2D eigenvalue weighted by molar-refractivity contribution is -0.170. The molecule has 5 fully saturated rings. The first kappa shape index (κ1) is 25.8. The maximum absolute atomic E-state index is 11.8. The zero-order valence-electron chi connectivity index (χ0n) is 23.7. The van der Waals surface area contributed by atoms with Crippen molar-refractivity contribution in [3.05, 3.63) is 0 Å². The van der Waals surface area contributed by atoms with Crippen molar-refractivity contribution in [1.82, 2.24) is 0 Å². The van der Waals surface area contributed by atoms with Crippen LogP contribution in [0, 0.1) is 40.4 Å². The lowest BCUT2D eigenvalue weighted by Crippen LogP contribution is -2.58. The second-order valence-corrected chi connectivity index (χ2v) is 20.5. The van der Waals surface area contributed by atoms with E-state index in [1.807, 2.05) is 0 Å². The summed E-state index contributed by atoms with van der Waals surface area (Å²) in [4.78, 5) is 0. The van der Waals surface area contributed by atoms with Crippen LogP contribution in [0.5, 0.6) is 0 Å². The second kappa shape index (κ2) is 8.59. The van der Waals surface area contributed by atoms with Crippen LogP contribution in [0.15, 0.2) is 0 Å². The first-order chi connectivity index (χ1) is 15.8. The lowest BCUT2D eigenvalue weighted by atomic mass is 9.43. The highest BCUT2D eigenvalue weighted by Gasteiger charge is 2.62. The molecule has 0 bridgehead atoms. The van der Waals surface area contributed by atoms with E-state index in [2.05, 4.69) is 47.7 Å². The molecule has 8 atom stereocenters. The van der Waals surface area contributed by atoms with Crippen molar-refractivity contribution in [3.8, 4) is 0 Å². The molecule has 0 saturated heterocycles. The van der Waals surface area contributed by atoms with Gasteiger partial charge in [0.25, 0.3) is 0 Å². The molecule has 196 valence electrons. The van der Waals surface area contributed by atoms with Gasteiger partial charge in [-0.2, -0.15) is 0 Å². The highest BCUT2D eigenvalue weighted by molar-refractivity contribution is 6.74. The monoisotopic (exact) mass is 488 g/mol. The van der Waals surface area contributed by atoms with Crippen molar-refractivity contribution >= 4 is 8.32 Å². The molecule has 0 amide bonds. The molecule has 0 aromatic carbocycles. The Labute approximate surface area is 212 Å². The summed E-state index contributed by atoms with van der Waals surface area (Å²) in [5.41, 5.74) is 0.497. The van der Waals surface area contributed by atoms with Crippen LogP contribution in [0.2, 0.25) is 18.1 Å². The van der Waals surface area contributed by atoms with Gasteiger partial charge in [0.15, 0.2) is 8.32 Å². The minimum absolute atomic E-state index is 0.293. The maximum Gasteiger partial charge on any atom is 0.192 e. The van der Waals surface area contributed by atoms with Crippen LogP contribution in [-0.2, 0) is 4.43 Å². The summed E-state index contributed by atoms with van der Waals surface area (Å²) in [6, 6.07) is 0. The highest BCUT2D eigenvalue weighted by atomic mass is 28.4. The van der Waals surface area contributed by atoms with E-state index in [9.17, 15) is 5.11 Å². The van der Waals surface area contributed by atoms with E-state index in [1.165, 1.54) is 77.0 Å². The fourth-order valence-electron chi connectivity index (χ4n) is 9.96. The van der Waals surface area contributed by atoms with Crippen molar-refractivity contribution in [2.24, 2.45) is 40.4 Å². The summed E-state index contributed by atoms with van der Waals surface area (Å²) in [7, 11) is -1.74. The van der Waals surface area contributed by atoms with Gasteiger partial charge in [0, 0.05) is 0 Å². The zero-order chi connectivity index (χ0) is 24.6. The van der Waals surface area contributed by atoms with Gasteiger partial charge >= 0.3 is 0 Å². The van der Waals surface area contributed by atoms with Gasteiger partial charge in [-0.3, -0.25) is 0 Å². The Kier molecular flexibility index (Phi) is 6.51. The molecule has 5 saturated carbocycles. The van der Waals surface area contributed by atoms with Crippen LogP contribution in [-0.4, -0.2) is 25.1 Å². The summed E-state index contributed by atoms with van der Waals surface area (Å²) >= 11 is 0. The quantitative estimate of drug-likeness (QED) is 0.402. The van der Waals surface area contributed by atoms with Crippen molar-refractivity contribution in [3.63, 3.8) is 0 Å². The molecule has 0 aliphatic heterocycles. The molecule has 0 radical (unpaired) electrons. The Bertz CT molecular complexity index is 751. The van der Waals surface area contributed by atoms with Gasteiger partial charge in [0.2, 0.25) is 0 Å². The van der Waals surface area contributed by atoms with Crippen LogP contribution >= 0.6 is 0 Å². The van der Waals surface area contributed by atoms with Gasteiger partial charge in [-0.1, -0.05) is 53.9 Å². The standard InChI is InChI=1S/C31H56O2Si/c1-28(2,3)34(6,7)33-27-16-15-25-24-14-13-23-21-31(32,22-11-9-8-10-12-22)20-19-29(23,4)26(24)17-18-30(25,27)5/h22-27,32H,8-21H2,1-7H3/t23?,24-,25-,26-,27-,29-,30-,31-/m0/s1. The van der Waals surface area contributed by atoms with Crippen molar-refractivity contribution < 1.29 is 9.53 Å². The number of hydrogen-bond donors (Lipinski definition) is 1. The molecule has 5 aliphatic rings. The van der Waals surface area contributed by atoms with Gasteiger partial charge in [-0.05, 0) is 129 Å². The first-order valence-corrected chi connectivity index (χ1v) is 18.1. The minimum atomic E-state index is -1.74. The Morgan fingerprint density at radius 2 is 1.41 bits per heavy atom. The molecule has 1 unspecified atom stereocenters. The van der Waals surface area contributed by atoms with Crippen LogP contribution in [0.3, 0.4) is 0 Å². The van der Waals surface area contributed by atoms with Crippen LogP contribution in [0.1, 0.15) is 125 Å². The van der Waals surface area contributed by atoms with Crippen LogP contribution in [0.4, 0.5) is 0 Å².